The lowest BCUT2D eigenvalue weighted by Gasteiger charge is -2.32. The van der Waals surface area contributed by atoms with Crippen LogP contribution in [0.25, 0.3) is 0 Å². The minimum atomic E-state index is -5.68. The molecule has 3 rings (SSSR count). The molecule has 0 radical (unpaired) electrons. The molecule has 1 aliphatic heterocycles. The highest BCUT2D eigenvalue weighted by atomic mass is 19.4. The van der Waals surface area contributed by atoms with E-state index < -0.39 is 40.9 Å². The standard InChI is InChI=1S/C19H12F6N2O3/c20-18(21,22)16(29)12-9-26-14-8-11(15(28)10-4-2-1-3-5-10)6-7-13(14)27-17(12,30)19(23,24)25/h1-9,26-27,30H. The molecule has 1 heterocycles. The smallest absolute Gasteiger partial charge is 0.360 e. The highest BCUT2D eigenvalue weighted by molar-refractivity contribution is 6.10. The van der Waals surface area contributed by atoms with Gasteiger partial charge in [-0.2, -0.15) is 26.3 Å². The number of carbonyl (C=O) groups excluding carboxylic acids is 2. The quantitative estimate of drug-likeness (QED) is 0.507. The molecule has 0 bridgehead atoms. The minimum Gasteiger partial charge on any atom is -0.360 e. The van der Waals surface area contributed by atoms with Gasteiger partial charge in [0, 0.05) is 17.3 Å². The van der Waals surface area contributed by atoms with E-state index >= 15 is 0 Å². The molecule has 2 aromatic rings. The number of anilines is 2. The monoisotopic (exact) mass is 430 g/mol. The summed E-state index contributed by atoms with van der Waals surface area (Å²) in [5.74, 6) is -3.37. The Labute approximate surface area is 165 Å². The number of alkyl halides is 6. The van der Waals surface area contributed by atoms with Gasteiger partial charge in [0.05, 0.1) is 16.9 Å². The van der Waals surface area contributed by atoms with E-state index in [-0.39, 0.29) is 23.0 Å². The first-order valence-electron chi connectivity index (χ1n) is 8.24. The second-order valence-corrected chi connectivity index (χ2v) is 6.32. The van der Waals surface area contributed by atoms with Crippen molar-refractivity contribution in [1.29, 1.82) is 0 Å². The van der Waals surface area contributed by atoms with Gasteiger partial charge in [0.25, 0.3) is 11.5 Å². The molecule has 1 atom stereocenters. The van der Waals surface area contributed by atoms with Crippen molar-refractivity contribution >= 4 is 22.9 Å². The number of halogens is 6. The Bertz CT molecular complexity index is 1030. The van der Waals surface area contributed by atoms with Crippen LogP contribution >= 0.6 is 0 Å². The first-order valence-corrected chi connectivity index (χ1v) is 8.24. The topological polar surface area (TPSA) is 78.4 Å². The van der Waals surface area contributed by atoms with Gasteiger partial charge in [0.1, 0.15) is 0 Å². The van der Waals surface area contributed by atoms with Crippen molar-refractivity contribution in [3.8, 4) is 0 Å². The van der Waals surface area contributed by atoms with Crippen LogP contribution in [0.15, 0.2) is 60.3 Å². The molecule has 0 aliphatic carbocycles. The molecule has 0 fully saturated rings. The summed E-state index contributed by atoms with van der Waals surface area (Å²) in [4.78, 5) is 24.1. The molecular weight excluding hydrogens is 418 g/mol. The molecule has 2 aromatic carbocycles. The summed E-state index contributed by atoms with van der Waals surface area (Å²) in [6, 6.07) is 11.1. The normalized spacial score (nSPS) is 19.0. The number of benzene rings is 2. The Kier molecular flexibility index (Phi) is 5.11. The van der Waals surface area contributed by atoms with Gasteiger partial charge in [0.2, 0.25) is 0 Å². The Balaban J connectivity index is 2.08. The minimum absolute atomic E-state index is 0.0174. The Morgan fingerprint density at radius 1 is 0.867 bits per heavy atom. The zero-order valence-electron chi connectivity index (χ0n) is 14.7. The maximum atomic E-state index is 13.5. The van der Waals surface area contributed by atoms with Gasteiger partial charge in [-0.25, -0.2) is 0 Å². The number of Topliss-reactive ketones (excluding diaryl/α,β-unsaturated/α-hetero) is 1. The Morgan fingerprint density at radius 2 is 1.50 bits per heavy atom. The summed E-state index contributed by atoms with van der Waals surface area (Å²) >= 11 is 0. The molecule has 5 nitrogen and oxygen atoms in total. The van der Waals surface area contributed by atoms with Crippen molar-refractivity contribution in [2.75, 3.05) is 10.6 Å². The Hall–Kier alpha value is -3.34. The van der Waals surface area contributed by atoms with Crippen LogP contribution in [0.2, 0.25) is 0 Å². The van der Waals surface area contributed by atoms with Crippen molar-refractivity contribution in [3.05, 3.63) is 71.4 Å². The van der Waals surface area contributed by atoms with Crippen molar-refractivity contribution in [1.82, 2.24) is 0 Å². The van der Waals surface area contributed by atoms with Gasteiger partial charge in [-0.05, 0) is 18.2 Å². The molecule has 30 heavy (non-hydrogen) atoms. The van der Waals surface area contributed by atoms with Crippen LogP contribution in [-0.4, -0.2) is 34.8 Å². The summed E-state index contributed by atoms with van der Waals surface area (Å²) in [6.07, 6.45) is -11.2. The van der Waals surface area contributed by atoms with Crippen LogP contribution in [-0.2, 0) is 4.79 Å². The number of hydrogen-bond donors (Lipinski definition) is 3. The maximum absolute atomic E-state index is 13.5. The van der Waals surface area contributed by atoms with Gasteiger partial charge in [0.15, 0.2) is 5.78 Å². The lowest BCUT2D eigenvalue weighted by molar-refractivity contribution is -0.235. The van der Waals surface area contributed by atoms with E-state index in [1.54, 1.807) is 23.5 Å². The molecular formula is C19H12F6N2O3. The van der Waals surface area contributed by atoms with E-state index in [9.17, 15) is 41.0 Å². The summed E-state index contributed by atoms with van der Waals surface area (Å²) in [5, 5.41) is 13.7. The maximum Gasteiger partial charge on any atom is 0.454 e. The molecule has 0 saturated heterocycles. The van der Waals surface area contributed by atoms with Crippen molar-refractivity contribution in [3.63, 3.8) is 0 Å². The van der Waals surface area contributed by atoms with Gasteiger partial charge in [-0.15, -0.1) is 0 Å². The summed E-state index contributed by atoms with van der Waals surface area (Å²) in [7, 11) is 0. The predicted octanol–water partition coefficient (Wildman–Crippen LogP) is 4.02. The zero-order valence-corrected chi connectivity index (χ0v) is 14.7. The number of nitrogens with one attached hydrogen (secondary N) is 2. The molecule has 1 aliphatic rings. The fourth-order valence-electron chi connectivity index (χ4n) is 2.79. The van der Waals surface area contributed by atoms with Crippen LogP contribution in [0.3, 0.4) is 0 Å². The number of carbonyl (C=O) groups is 2. The van der Waals surface area contributed by atoms with Crippen LogP contribution in [0.1, 0.15) is 15.9 Å². The second kappa shape index (κ2) is 7.17. The first-order chi connectivity index (χ1) is 13.8. The summed E-state index contributed by atoms with van der Waals surface area (Å²) < 4.78 is 78.9. The molecule has 3 N–H and O–H groups in total. The zero-order chi connectivity index (χ0) is 22.3. The molecule has 11 heteroatoms. The summed E-state index contributed by atoms with van der Waals surface area (Å²) in [5.41, 5.74) is -6.74. The molecule has 0 amide bonds. The van der Waals surface area contributed by atoms with Crippen molar-refractivity contribution in [2.45, 2.75) is 18.1 Å². The third-order valence-electron chi connectivity index (χ3n) is 4.31. The van der Waals surface area contributed by atoms with Crippen LogP contribution < -0.4 is 10.6 Å². The lowest BCUT2D eigenvalue weighted by atomic mass is 9.98. The van der Waals surface area contributed by atoms with E-state index in [2.05, 4.69) is 5.32 Å². The highest BCUT2D eigenvalue weighted by Gasteiger charge is 2.62. The van der Waals surface area contributed by atoms with Gasteiger partial charge >= 0.3 is 12.4 Å². The third-order valence-corrected chi connectivity index (χ3v) is 4.31. The fraction of sp³-hybridized carbons (Fsp3) is 0.158. The molecule has 1 unspecified atom stereocenters. The molecule has 0 spiro atoms. The second-order valence-electron chi connectivity index (χ2n) is 6.32. The Morgan fingerprint density at radius 3 is 2.07 bits per heavy atom. The van der Waals surface area contributed by atoms with Crippen molar-refractivity contribution in [2.24, 2.45) is 0 Å². The molecule has 0 aromatic heterocycles. The predicted molar refractivity (Wildman–Crippen MR) is 93.7 cm³/mol. The van der Waals surface area contributed by atoms with Gasteiger partial charge in [-0.3, -0.25) is 9.59 Å². The van der Waals surface area contributed by atoms with E-state index in [1.165, 1.54) is 12.1 Å². The van der Waals surface area contributed by atoms with E-state index in [0.717, 1.165) is 18.2 Å². The van der Waals surface area contributed by atoms with E-state index in [4.69, 9.17) is 0 Å². The van der Waals surface area contributed by atoms with Gasteiger partial charge in [-0.1, -0.05) is 30.3 Å². The van der Waals surface area contributed by atoms with Crippen LogP contribution in [0, 0.1) is 0 Å². The lowest BCUT2D eigenvalue weighted by Crippen LogP contribution is -2.56. The van der Waals surface area contributed by atoms with E-state index in [0.29, 0.717) is 0 Å². The number of ketones is 2. The molecule has 0 saturated carbocycles. The highest BCUT2D eigenvalue weighted by Crippen LogP contribution is 2.43. The number of aliphatic hydroxyl groups is 1. The van der Waals surface area contributed by atoms with Gasteiger partial charge < -0.3 is 15.7 Å². The first kappa shape index (κ1) is 21.4. The SMILES string of the molecule is O=C(c1ccccc1)c1ccc2c(c1)NC=C(C(=O)C(F)(F)F)C(O)(C(F)(F)F)N2. The van der Waals surface area contributed by atoms with Crippen LogP contribution in [0.4, 0.5) is 37.7 Å². The fourth-order valence-corrected chi connectivity index (χ4v) is 2.79. The molecule has 158 valence electrons. The third kappa shape index (κ3) is 3.75. The van der Waals surface area contributed by atoms with Crippen LogP contribution in [0.5, 0.6) is 0 Å². The number of hydrogen-bond acceptors (Lipinski definition) is 5. The largest absolute Gasteiger partial charge is 0.454 e. The van der Waals surface area contributed by atoms with E-state index in [1.807, 2.05) is 0 Å². The number of rotatable bonds is 3. The average Bonchev–Trinajstić information content (AvgIpc) is 2.82. The summed E-state index contributed by atoms with van der Waals surface area (Å²) in [6.45, 7) is 0. The van der Waals surface area contributed by atoms with Crippen molar-refractivity contribution < 1.29 is 41.0 Å². The number of fused-ring (bicyclic) bond motifs is 1. The average molecular weight is 430 g/mol.